The standard InChI is InChI=1S/C16H17ClN4O2/c17-11-3-1-2-10(6-11)16(23)19-8-15(22)20-13-7-12-4-5-14(13)21(12)9-18/h1-3,6,12-14H,4-5,7-8H2,(H,19,23)(H,20,22)/t12-,13+,14+/m0/s1. The molecule has 3 atom stereocenters. The molecule has 2 heterocycles. The van der Waals surface area contributed by atoms with Crippen LogP contribution in [0.3, 0.4) is 0 Å². The summed E-state index contributed by atoms with van der Waals surface area (Å²) in [5.74, 6) is -0.579. The number of rotatable bonds is 4. The van der Waals surface area contributed by atoms with E-state index in [1.54, 1.807) is 29.2 Å². The maximum absolute atomic E-state index is 12.0. The Labute approximate surface area is 139 Å². The number of carbonyl (C=O) groups excluding carboxylic acids is 2. The van der Waals surface area contributed by atoms with Gasteiger partial charge in [0.25, 0.3) is 5.91 Å². The molecule has 7 heteroatoms. The molecular weight excluding hydrogens is 316 g/mol. The Morgan fingerprint density at radius 1 is 1.39 bits per heavy atom. The molecule has 0 unspecified atom stereocenters. The fourth-order valence-electron chi connectivity index (χ4n) is 3.45. The lowest BCUT2D eigenvalue weighted by Gasteiger charge is -2.21. The average Bonchev–Trinajstić information content (AvgIpc) is 3.09. The number of fused-ring (bicyclic) bond motifs is 2. The lowest BCUT2D eigenvalue weighted by atomic mass is 9.95. The van der Waals surface area contributed by atoms with Gasteiger partial charge in [-0.05, 0) is 37.5 Å². The second kappa shape index (κ2) is 6.47. The van der Waals surface area contributed by atoms with Gasteiger partial charge in [0, 0.05) is 16.6 Å². The van der Waals surface area contributed by atoms with Gasteiger partial charge in [0.05, 0.1) is 18.6 Å². The zero-order valence-corrected chi connectivity index (χ0v) is 13.2. The highest BCUT2D eigenvalue weighted by atomic mass is 35.5. The van der Waals surface area contributed by atoms with Crippen molar-refractivity contribution in [2.24, 2.45) is 0 Å². The molecule has 0 radical (unpaired) electrons. The molecule has 2 bridgehead atoms. The van der Waals surface area contributed by atoms with Gasteiger partial charge in [0.15, 0.2) is 6.19 Å². The molecular formula is C16H17ClN4O2. The summed E-state index contributed by atoms with van der Waals surface area (Å²) in [5.41, 5.74) is 0.417. The maximum Gasteiger partial charge on any atom is 0.251 e. The van der Waals surface area contributed by atoms with E-state index in [1.807, 2.05) is 0 Å². The molecule has 0 aliphatic carbocycles. The van der Waals surface area contributed by atoms with Crippen LogP contribution in [-0.2, 0) is 4.79 Å². The molecule has 0 saturated carbocycles. The number of halogens is 1. The molecule has 2 saturated heterocycles. The summed E-state index contributed by atoms with van der Waals surface area (Å²) >= 11 is 5.84. The SMILES string of the molecule is N#CN1[C@H]2CC[C@@H]1[C@H](NC(=O)CNC(=O)c1cccc(Cl)c1)C2. The van der Waals surface area contributed by atoms with Gasteiger partial charge in [-0.3, -0.25) is 9.59 Å². The maximum atomic E-state index is 12.0. The van der Waals surface area contributed by atoms with Crippen molar-refractivity contribution < 1.29 is 9.59 Å². The smallest absolute Gasteiger partial charge is 0.251 e. The number of carbonyl (C=O) groups is 2. The van der Waals surface area contributed by atoms with Crippen molar-refractivity contribution in [1.82, 2.24) is 15.5 Å². The fourth-order valence-corrected chi connectivity index (χ4v) is 3.64. The third kappa shape index (κ3) is 3.25. The van der Waals surface area contributed by atoms with Crippen LogP contribution in [0.15, 0.2) is 24.3 Å². The van der Waals surface area contributed by atoms with Crippen LogP contribution < -0.4 is 10.6 Å². The molecule has 0 spiro atoms. The molecule has 2 aliphatic rings. The van der Waals surface area contributed by atoms with Gasteiger partial charge in [-0.1, -0.05) is 17.7 Å². The monoisotopic (exact) mass is 332 g/mol. The number of amides is 2. The molecule has 2 amide bonds. The molecule has 120 valence electrons. The van der Waals surface area contributed by atoms with Crippen LogP contribution in [-0.4, -0.2) is 41.4 Å². The number of hydrogen-bond donors (Lipinski definition) is 2. The van der Waals surface area contributed by atoms with E-state index in [9.17, 15) is 9.59 Å². The van der Waals surface area contributed by atoms with E-state index in [4.69, 9.17) is 16.9 Å². The van der Waals surface area contributed by atoms with Crippen molar-refractivity contribution in [2.45, 2.75) is 37.4 Å². The molecule has 0 aromatic heterocycles. The van der Waals surface area contributed by atoms with Gasteiger partial charge in [-0.2, -0.15) is 5.26 Å². The Bertz CT molecular complexity index is 672. The van der Waals surface area contributed by atoms with E-state index in [0.717, 1.165) is 19.3 Å². The topological polar surface area (TPSA) is 85.2 Å². The average molecular weight is 333 g/mol. The second-order valence-electron chi connectivity index (χ2n) is 5.91. The summed E-state index contributed by atoms with van der Waals surface area (Å²) < 4.78 is 0. The van der Waals surface area contributed by atoms with Crippen molar-refractivity contribution in [2.75, 3.05) is 6.54 Å². The molecule has 1 aromatic rings. The zero-order chi connectivity index (χ0) is 16.4. The van der Waals surface area contributed by atoms with E-state index in [1.165, 1.54) is 0 Å². The fraction of sp³-hybridized carbons (Fsp3) is 0.438. The van der Waals surface area contributed by atoms with Crippen molar-refractivity contribution in [3.05, 3.63) is 34.9 Å². The highest BCUT2D eigenvalue weighted by Crippen LogP contribution is 2.36. The van der Waals surface area contributed by atoms with E-state index in [0.29, 0.717) is 10.6 Å². The lowest BCUT2D eigenvalue weighted by molar-refractivity contribution is -0.121. The van der Waals surface area contributed by atoms with E-state index in [-0.39, 0.29) is 36.5 Å². The van der Waals surface area contributed by atoms with Crippen LogP contribution >= 0.6 is 11.6 Å². The predicted octanol–water partition coefficient (Wildman–Crippen LogP) is 1.27. The zero-order valence-electron chi connectivity index (χ0n) is 12.5. The normalized spacial score (nSPS) is 25.0. The Hall–Kier alpha value is -2.26. The first-order chi connectivity index (χ1) is 11.1. The molecule has 2 fully saturated rings. The highest BCUT2D eigenvalue weighted by Gasteiger charge is 2.46. The third-order valence-electron chi connectivity index (χ3n) is 4.49. The minimum absolute atomic E-state index is 0.0102. The van der Waals surface area contributed by atoms with Gasteiger partial charge in [0.2, 0.25) is 5.91 Å². The van der Waals surface area contributed by atoms with Crippen molar-refractivity contribution in [3.63, 3.8) is 0 Å². The number of nitrogens with zero attached hydrogens (tertiary/aromatic N) is 2. The minimum Gasteiger partial charge on any atom is -0.350 e. The highest BCUT2D eigenvalue weighted by molar-refractivity contribution is 6.30. The second-order valence-corrected chi connectivity index (χ2v) is 6.34. The van der Waals surface area contributed by atoms with Crippen LogP contribution in [0.5, 0.6) is 0 Å². The first kappa shape index (κ1) is 15.6. The van der Waals surface area contributed by atoms with Crippen molar-refractivity contribution in [3.8, 4) is 6.19 Å². The summed E-state index contributed by atoms with van der Waals surface area (Å²) in [4.78, 5) is 25.8. The third-order valence-corrected chi connectivity index (χ3v) is 4.73. The van der Waals surface area contributed by atoms with Gasteiger partial charge in [-0.15, -0.1) is 0 Å². The molecule has 1 aromatic carbocycles. The Kier molecular flexibility index (Phi) is 4.39. The minimum atomic E-state index is -0.339. The van der Waals surface area contributed by atoms with Crippen molar-refractivity contribution in [1.29, 1.82) is 5.26 Å². The van der Waals surface area contributed by atoms with E-state index < -0.39 is 0 Å². The number of hydrogen-bond acceptors (Lipinski definition) is 4. The summed E-state index contributed by atoms with van der Waals surface area (Å²) in [6, 6.07) is 6.89. The summed E-state index contributed by atoms with van der Waals surface area (Å²) in [5, 5.41) is 15.1. The first-order valence-electron chi connectivity index (χ1n) is 7.59. The van der Waals surface area contributed by atoms with E-state index in [2.05, 4.69) is 16.8 Å². The number of nitriles is 1. The molecule has 23 heavy (non-hydrogen) atoms. The molecule has 2 aliphatic heterocycles. The lowest BCUT2D eigenvalue weighted by Crippen LogP contribution is -2.46. The van der Waals surface area contributed by atoms with Gasteiger partial charge >= 0.3 is 0 Å². The Morgan fingerprint density at radius 2 is 2.22 bits per heavy atom. The number of benzene rings is 1. The summed E-state index contributed by atoms with van der Waals surface area (Å²) in [6.07, 6.45) is 4.94. The first-order valence-corrected chi connectivity index (χ1v) is 7.97. The summed E-state index contributed by atoms with van der Waals surface area (Å²) in [7, 11) is 0. The van der Waals surface area contributed by atoms with Crippen LogP contribution in [0.2, 0.25) is 5.02 Å². The van der Waals surface area contributed by atoms with Crippen LogP contribution in [0.4, 0.5) is 0 Å². The number of nitrogens with one attached hydrogen (secondary N) is 2. The Morgan fingerprint density at radius 3 is 2.91 bits per heavy atom. The van der Waals surface area contributed by atoms with Gasteiger partial charge in [-0.25, -0.2) is 0 Å². The van der Waals surface area contributed by atoms with Crippen LogP contribution in [0.25, 0.3) is 0 Å². The van der Waals surface area contributed by atoms with Crippen molar-refractivity contribution >= 4 is 23.4 Å². The van der Waals surface area contributed by atoms with Gasteiger partial charge < -0.3 is 15.5 Å². The van der Waals surface area contributed by atoms with E-state index >= 15 is 0 Å². The van der Waals surface area contributed by atoms with Crippen LogP contribution in [0, 0.1) is 11.5 Å². The van der Waals surface area contributed by atoms with Crippen LogP contribution in [0.1, 0.15) is 29.6 Å². The molecule has 3 rings (SSSR count). The predicted molar refractivity (Wildman–Crippen MR) is 84.6 cm³/mol. The van der Waals surface area contributed by atoms with Gasteiger partial charge in [0.1, 0.15) is 0 Å². The summed E-state index contributed by atoms with van der Waals surface area (Å²) in [6.45, 7) is -0.0915. The molecule has 6 nitrogen and oxygen atoms in total. The quantitative estimate of drug-likeness (QED) is 0.813. The molecule has 2 N–H and O–H groups in total. The largest absolute Gasteiger partial charge is 0.350 e. The Balaban J connectivity index is 1.49.